The number of aliphatic hydroxyl groups is 1. The highest BCUT2D eigenvalue weighted by molar-refractivity contribution is 7.89. The lowest BCUT2D eigenvalue weighted by molar-refractivity contribution is 0.130. The van der Waals surface area contributed by atoms with Crippen LogP contribution in [0.25, 0.3) is 0 Å². The Morgan fingerprint density at radius 2 is 1.95 bits per heavy atom. The van der Waals surface area contributed by atoms with E-state index in [4.69, 9.17) is 17.3 Å². The number of nitrogens with one attached hydrogen (secondary N) is 1. The van der Waals surface area contributed by atoms with Gasteiger partial charge in [0.15, 0.2) is 0 Å². The Morgan fingerprint density at radius 1 is 1.29 bits per heavy atom. The lowest BCUT2D eigenvalue weighted by atomic mass is 10.1. The molecule has 2 unspecified atom stereocenters. The van der Waals surface area contributed by atoms with Crippen LogP contribution in [0, 0.1) is 6.92 Å². The first-order valence-electron chi connectivity index (χ1n) is 7.07. The third kappa shape index (κ3) is 3.88. The van der Waals surface area contributed by atoms with Gasteiger partial charge in [0.1, 0.15) is 0 Å². The maximum atomic E-state index is 12.5. The van der Waals surface area contributed by atoms with Gasteiger partial charge in [-0.05, 0) is 37.5 Å². The van der Waals surface area contributed by atoms with Gasteiger partial charge in [0.2, 0.25) is 10.0 Å². The van der Waals surface area contributed by atoms with Crippen molar-refractivity contribution in [1.29, 1.82) is 0 Å². The molecule has 1 fully saturated rings. The molecule has 1 aromatic rings. The summed E-state index contributed by atoms with van der Waals surface area (Å²) in [6, 6.07) is 2.39. The average Bonchev–Trinajstić information content (AvgIpc) is 2.60. The van der Waals surface area contributed by atoms with Gasteiger partial charge < -0.3 is 10.8 Å². The lowest BCUT2D eigenvalue weighted by Gasteiger charge is -2.22. The van der Waals surface area contributed by atoms with E-state index in [9.17, 15) is 13.5 Å². The molecule has 0 heterocycles. The van der Waals surface area contributed by atoms with Gasteiger partial charge in [0.05, 0.1) is 21.7 Å². The molecular weight excluding hydrogens is 312 g/mol. The molecule has 21 heavy (non-hydrogen) atoms. The molecule has 1 aromatic carbocycles. The molecular formula is C14H21ClN2O3S. The number of anilines is 1. The number of nitrogens with two attached hydrogens (primary N) is 1. The van der Waals surface area contributed by atoms with E-state index in [2.05, 4.69) is 4.72 Å². The second-order valence-corrected chi connectivity index (χ2v) is 7.67. The molecule has 0 spiro atoms. The van der Waals surface area contributed by atoms with Crippen molar-refractivity contribution in [3.63, 3.8) is 0 Å². The van der Waals surface area contributed by atoms with Crippen molar-refractivity contribution in [3.05, 3.63) is 22.7 Å². The Hall–Kier alpha value is -0.820. The number of nitrogen functional groups attached to an aromatic ring is 1. The van der Waals surface area contributed by atoms with Crippen LogP contribution < -0.4 is 10.5 Å². The van der Waals surface area contributed by atoms with Gasteiger partial charge in [-0.3, -0.25) is 0 Å². The van der Waals surface area contributed by atoms with Crippen molar-refractivity contribution in [2.45, 2.75) is 56.1 Å². The highest BCUT2D eigenvalue weighted by Crippen LogP contribution is 2.27. The molecule has 1 aliphatic rings. The van der Waals surface area contributed by atoms with Crippen LogP contribution in [-0.2, 0) is 10.0 Å². The molecule has 1 saturated carbocycles. The maximum Gasteiger partial charge on any atom is 0.240 e. The lowest BCUT2D eigenvalue weighted by Crippen LogP contribution is -2.42. The number of sulfonamides is 1. The summed E-state index contributed by atoms with van der Waals surface area (Å²) in [6.45, 7) is 1.71. The van der Waals surface area contributed by atoms with Crippen molar-refractivity contribution in [2.75, 3.05) is 5.73 Å². The second-order valence-electron chi connectivity index (χ2n) is 5.58. The van der Waals surface area contributed by atoms with Gasteiger partial charge in [-0.15, -0.1) is 0 Å². The number of aryl methyl sites for hydroxylation is 1. The average molecular weight is 333 g/mol. The van der Waals surface area contributed by atoms with E-state index in [0.29, 0.717) is 23.4 Å². The molecule has 4 N–H and O–H groups in total. The summed E-state index contributed by atoms with van der Waals surface area (Å²) in [4.78, 5) is 0.0818. The van der Waals surface area contributed by atoms with Gasteiger partial charge >= 0.3 is 0 Å². The van der Waals surface area contributed by atoms with E-state index in [1.807, 2.05) is 0 Å². The first kappa shape index (κ1) is 16.5. The fraction of sp³-hybridized carbons (Fsp3) is 0.571. The van der Waals surface area contributed by atoms with Crippen molar-refractivity contribution >= 4 is 27.3 Å². The summed E-state index contributed by atoms with van der Waals surface area (Å²) in [5.74, 6) is 0. The predicted octanol–water partition coefficient (Wildman–Crippen LogP) is 2.20. The first-order chi connectivity index (χ1) is 9.81. The topological polar surface area (TPSA) is 92.4 Å². The summed E-state index contributed by atoms with van der Waals surface area (Å²) >= 11 is 5.96. The van der Waals surface area contributed by atoms with Crippen molar-refractivity contribution in [2.24, 2.45) is 0 Å². The molecule has 0 saturated heterocycles. The number of hydrogen-bond acceptors (Lipinski definition) is 4. The van der Waals surface area contributed by atoms with Crippen LogP contribution in [0.1, 0.15) is 37.7 Å². The first-order valence-corrected chi connectivity index (χ1v) is 8.93. The third-order valence-corrected chi connectivity index (χ3v) is 5.84. The third-order valence-electron chi connectivity index (χ3n) is 3.85. The second kappa shape index (κ2) is 6.52. The van der Waals surface area contributed by atoms with E-state index < -0.39 is 22.2 Å². The Bertz CT molecular complexity index is 596. The normalized spacial score (nSPS) is 23.8. The monoisotopic (exact) mass is 332 g/mol. The van der Waals surface area contributed by atoms with Gasteiger partial charge in [0, 0.05) is 6.04 Å². The summed E-state index contributed by atoms with van der Waals surface area (Å²) in [7, 11) is -3.72. The van der Waals surface area contributed by atoms with Gasteiger partial charge in [-0.1, -0.05) is 30.9 Å². The van der Waals surface area contributed by atoms with E-state index in [-0.39, 0.29) is 10.6 Å². The molecule has 0 aromatic heterocycles. The van der Waals surface area contributed by atoms with Crippen LogP contribution in [0.4, 0.5) is 5.69 Å². The summed E-state index contributed by atoms with van der Waals surface area (Å²) in [5.41, 5.74) is 6.57. The van der Waals surface area contributed by atoms with Crippen molar-refractivity contribution in [3.8, 4) is 0 Å². The number of benzene rings is 1. The van der Waals surface area contributed by atoms with Crippen LogP contribution in [0.15, 0.2) is 17.0 Å². The van der Waals surface area contributed by atoms with E-state index in [0.717, 1.165) is 19.3 Å². The number of rotatable bonds is 3. The highest BCUT2D eigenvalue weighted by Gasteiger charge is 2.27. The van der Waals surface area contributed by atoms with Crippen LogP contribution in [-0.4, -0.2) is 25.7 Å². The fourth-order valence-electron chi connectivity index (χ4n) is 2.61. The minimum Gasteiger partial charge on any atom is -0.397 e. The van der Waals surface area contributed by atoms with E-state index in [1.165, 1.54) is 12.1 Å². The van der Waals surface area contributed by atoms with Crippen LogP contribution in [0.2, 0.25) is 5.02 Å². The van der Waals surface area contributed by atoms with Crippen molar-refractivity contribution < 1.29 is 13.5 Å². The highest BCUT2D eigenvalue weighted by atomic mass is 35.5. The number of halogens is 1. The minimum atomic E-state index is -3.72. The molecule has 0 amide bonds. The van der Waals surface area contributed by atoms with E-state index >= 15 is 0 Å². The van der Waals surface area contributed by atoms with Gasteiger partial charge in [0.25, 0.3) is 0 Å². The zero-order valence-electron chi connectivity index (χ0n) is 12.0. The number of hydrogen-bond donors (Lipinski definition) is 3. The molecule has 2 rings (SSSR count). The predicted molar refractivity (Wildman–Crippen MR) is 83.8 cm³/mol. The Balaban J connectivity index is 2.25. The summed E-state index contributed by atoms with van der Waals surface area (Å²) < 4.78 is 27.5. The maximum absolute atomic E-state index is 12.5. The van der Waals surface area contributed by atoms with E-state index in [1.54, 1.807) is 6.92 Å². The molecule has 0 aliphatic heterocycles. The summed E-state index contributed by atoms with van der Waals surface area (Å²) in [6.07, 6.45) is 3.46. The SMILES string of the molecule is Cc1cc(S(=O)(=O)NC2CCCCCC2O)cc(N)c1Cl. The zero-order chi connectivity index (χ0) is 15.6. The largest absolute Gasteiger partial charge is 0.397 e. The molecule has 0 bridgehead atoms. The molecule has 1 aliphatic carbocycles. The van der Waals surface area contributed by atoms with Crippen molar-refractivity contribution in [1.82, 2.24) is 4.72 Å². The Kier molecular flexibility index (Phi) is 5.14. The number of aliphatic hydroxyl groups excluding tert-OH is 1. The molecule has 0 radical (unpaired) electrons. The molecule has 7 heteroatoms. The van der Waals surface area contributed by atoms with Gasteiger partial charge in [-0.25, -0.2) is 13.1 Å². The van der Waals surface area contributed by atoms with Gasteiger partial charge in [-0.2, -0.15) is 0 Å². The molecule has 2 atom stereocenters. The summed E-state index contributed by atoms with van der Waals surface area (Å²) in [5, 5.41) is 10.4. The quantitative estimate of drug-likeness (QED) is 0.584. The molecule has 5 nitrogen and oxygen atoms in total. The molecule has 118 valence electrons. The minimum absolute atomic E-state index is 0.0818. The van der Waals surface area contributed by atoms with Crippen LogP contribution in [0.3, 0.4) is 0 Å². The van der Waals surface area contributed by atoms with Crippen LogP contribution in [0.5, 0.6) is 0 Å². The smallest absolute Gasteiger partial charge is 0.240 e. The fourth-order valence-corrected chi connectivity index (χ4v) is 4.14. The Labute approximate surface area is 130 Å². The zero-order valence-corrected chi connectivity index (χ0v) is 13.5. The Morgan fingerprint density at radius 3 is 2.62 bits per heavy atom. The van der Waals surface area contributed by atoms with Crippen LogP contribution >= 0.6 is 11.6 Å². The standard InChI is InChI=1S/C14H21ClN2O3S/c1-9-7-10(8-11(16)14(9)15)21(19,20)17-12-5-3-2-4-6-13(12)18/h7-8,12-13,17-18H,2-6,16H2,1H3.